The molecule has 1 N–H and O–H groups in total. The first-order valence-corrected chi connectivity index (χ1v) is 8.81. The van der Waals surface area contributed by atoms with Gasteiger partial charge < -0.3 is 19.2 Å². The van der Waals surface area contributed by atoms with Crippen molar-refractivity contribution >= 4 is 22.8 Å². The summed E-state index contributed by atoms with van der Waals surface area (Å²) in [5, 5.41) is 3.21. The van der Waals surface area contributed by atoms with Gasteiger partial charge in [-0.05, 0) is 19.1 Å². The van der Waals surface area contributed by atoms with Crippen molar-refractivity contribution in [1.82, 2.24) is 5.32 Å². The molecule has 0 aliphatic heterocycles. The van der Waals surface area contributed by atoms with E-state index < -0.39 is 36.2 Å². The minimum atomic E-state index is -0.816. The van der Waals surface area contributed by atoms with Crippen LogP contribution in [-0.4, -0.2) is 25.6 Å². The molecular weight excluding hydrogens is 384 g/mol. The predicted molar refractivity (Wildman–Crippen MR) is 100 cm³/mol. The summed E-state index contributed by atoms with van der Waals surface area (Å²) in [6.45, 7) is 1.08. The predicted octanol–water partition coefficient (Wildman–Crippen LogP) is 3.89. The van der Waals surface area contributed by atoms with E-state index in [0.29, 0.717) is 16.5 Å². The number of halogens is 2. The molecule has 0 spiro atoms. The number of ether oxygens (including phenoxy) is 2. The van der Waals surface area contributed by atoms with Crippen molar-refractivity contribution in [3.05, 3.63) is 71.0 Å². The lowest BCUT2D eigenvalue weighted by Crippen LogP contribution is -2.31. The van der Waals surface area contributed by atoms with E-state index in [4.69, 9.17) is 13.9 Å². The van der Waals surface area contributed by atoms with Crippen LogP contribution in [0.25, 0.3) is 11.0 Å². The van der Waals surface area contributed by atoms with Crippen LogP contribution in [0.4, 0.5) is 8.78 Å². The molecule has 0 bridgehead atoms. The third-order valence-electron chi connectivity index (χ3n) is 4.31. The topological polar surface area (TPSA) is 77.8 Å². The highest BCUT2D eigenvalue weighted by Crippen LogP contribution is 2.27. The monoisotopic (exact) mass is 403 g/mol. The number of rotatable bonds is 7. The summed E-state index contributed by atoms with van der Waals surface area (Å²) in [6.07, 6.45) is 0. The van der Waals surface area contributed by atoms with Gasteiger partial charge in [-0.2, -0.15) is 0 Å². The SMILES string of the molecule is COCc1c(C(=O)OCC(=O)N[C@H](C)c2ccc(F)cc2F)oc2ccccc12. The lowest BCUT2D eigenvalue weighted by molar-refractivity contribution is -0.124. The highest BCUT2D eigenvalue weighted by atomic mass is 19.1. The largest absolute Gasteiger partial charge is 0.450 e. The summed E-state index contributed by atoms with van der Waals surface area (Å²) in [4.78, 5) is 24.5. The fourth-order valence-corrected chi connectivity index (χ4v) is 2.96. The Morgan fingerprint density at radius 2 is 1.93 bits per heavy atom. The quantitative estimate of drug-likeness (QED) is 0.606. The first-order valence-electron chi connectivity index (χ1n) is 8.81. The third-order valence-corrected chi connectivity index (χ3v) is 4.31. The minimum absolute atomic E-state index is 0.0431. The number of nitrogens with one attached hydrogen (secondary N) is 1. The van der Waals surface area contributed by atoms with E-state index in [9.17, 15) is 18.4 Å². The number of hydrogen-bond donors (Lipinski definition) is 1. The Balaban J connectivity index is 1.65. The van der Waals surface area contributed by atoms with Crippen LogP contribution in [0.3, 0.4) is 0 Å². The first kappa shape index (κ1) is 20.5. The van der Waals surface area contributed by atoms with Gasteiger partial charge in [-0.3, -0.25) is 4.79 Å². The molecule has 1 amide bonds. The summed E-state index contributed by atoms with van der Waals surface area (Å²) in [7, 11) is 1.49. The maximum Gasteiger partial charge on any atom is 0.375 e. The molecule has 0 saturated heterocycles. The maximum atomic E-state index is 13.8. The number of furan rings is 1. The van der Waals surface area contributed by atoms with Crippen LogP contribution in [0.2, 0.25) is 0 Å². The second kappa shape index (κ2) is 8.83. The Morgan fingerprint density at radius 1 is 1.17 bits per heavy atom. The van der Waals surface area contributed by atoms with Crippen LogP contribution in [0, 0.1) is 11.6 Å². The normalized spacial score (nSPS) is 12.0. The average Bonchev–Trinajstić information content (AvgIpc) is 3.05. The third kappa shape index (κ3) is 4.60. The zero-order chi connectivity index (χ0) is 21.0. The molecule has 3 aromatic rings. The van der Waals surface area contributed by atoms with Crippen molar-refractivity contribution in [2.45, 2.75) is 19.6 Å². The molecular formula is C21H19F2NO5. The molecule has 152 valence electrons. The van der Waals surface area contributed by atoms with Crippen LogP contribution < -0.4 is 5.32 Å². The van der Waals surface area contributed by atoms with Gasteiger partial charge in [0, 0.05) is 29.7 Å². The molecule has 6 nitrogen and oxygen atoms in total. The van der Waals surface area contributed by atoms with Gasteiger partial charge in [0.2, 0.25) is 5.76 Å². The van der Waals surface area contributed by atoms with Gasteiger partial charge in [0.05, 0.1) is 12.6 Å². The molecule has 29 heavy (non-hydrogen) atoms. The molecule has 1 heterocycles. The second-order valence-corrected chi connectivity index (χ2v) is 6.37. The number of amides is 1. The smallest absolute Gasteiger partial charge is 0.375 e. The van der Waals surface area contributed by atoms with Crippen molar-refractivity contribution in [2.24, 2.45) is 0 Å². The number of esters is 1. The Hall–Kier alpha value is -3.26. The van der Waals surface area contributed by atoms with E-state index in [2.05, 4.69) is 5.32 Å². The molecule has 0 unspecified atom stereocenters. The number of carbonyl (C=O) groups is 2. The number of benzene rings is 2. The molecule has 1 atom stereocenters. The van der Waals surface area contributed by atoms with E-state index in [1.807, 2.05) is 0 Å². The van der Waals surface area contributed by atoms with Gasteiger partial charge in [-0.25, -0.2) is 13.6 Å². The second-order valence-electron chi connectivity index (χ2n) is 6.37. The molecule has 3 rings (SSSR count). The van der Waals surface area contributed by atoms with Crippen LogP contribution in [0.15, 0.2) is 46.9 Å². The standard InChI is InChI=1S/C21H19F2NO5/c1-12(14-8-7-13(22)9-17(14)23)24-19(25)11-28-21(26)20-16(10-27-2)15-5-3-4-6-18(15)29-20/h3-9,12H,10-11H2,1-2H3,(H,24,25)/t12-/m1/s1. The molecule has 8 heteroatoms. The van der Waals surface area contributed by atoms with Crippen molar-refractivity contribution in [1.29, 1.82) is 0 Å². The lowest BCUT2D eigenvalue weighted by atomic mass is 10.1. The molecule has 0 fully saturated rings. The van der Waals surface area contributed by atoms with Crippen molar-refractivity contribution in [3.8, 4) is 0 Å². The lowest BCUT2D eigenvalue weighted by Gasteiger charge is -2.15. The zero-order valence-electron chi connectivity index (χ0n) is 15.8. The minimum Gasteiger partial charge on any atom is -0.450 e. The van der Waals surface area contributed by atoms with Gasteiger partial charge in [0.1, 0.15) is 17.2 Å². The van der Waals surface area contributed by atoms with E-state index in [0.717, 1.165) is 12.1 Å². The molecule has 0 aliphatic carbocycles. The fraction of sp³-hybridized carbons (Fsp3) is 0.238. The summed E-state index contributed by atoms with van der Waals surface area (Å²) < 4.78 is 42.5. The Morgan fingerprint density at radius 3 is 2.66 bits per heavy atom. The van der Waals surface area contributed by atoms with Gasteiger partial charge in [-0.15, -0.1) is 0 Å². The molecule has 0 aliphatic rings. The number of methoxy groups -OCH3 is 1. The summed E-state index contributed by atoms with van der Waals surface area (Å²) in [5.41, 5.74) is 1.14. The van der Waals surface area contributed by atoms with Crippen LogP contribution in [0.5, 0.6) is 0 Å². The highest BCUT2D eigenvalue weighted by Gasteiger charge is 2.23. The maximum absolute atomic E-state index is 13.8. The van der Waals surface area contributed by atoms with Crippen molar-refractivity contribution in [3.63, 3.8) is 0 Å². The van der Waals surface area contributed by atoms with E-state index in [1.165, 1.54) is 20.1 Å². The van der Waals surface area contributed by atoms with Crippen LogP contribution in [-0.2, 0) is 20.9 Å². The number of carbonyl (C=O) groups excluding carboxylic acids is 2. The Kier molecular flexibility index (Phi) is 6.23. The average molecular weight is 403 g/mol. The summed E-state index contributed by atoms with van der Waals surface area (Å²) in [6, 6.07) is 9.39. The molecule has 0 saturated carbocycles. The van der Waals surface area contributed by atoms with Gasteiger partial charge in [0.25, 0.3) is 5.91 Å². The zero-order valence-corrected chi connectivity index (χ0v) is 15.8. The van der Waals surface area contributed by atoms with Crippen molar-refractivity contribution in [2.75, 3.05) is 13.7 Å². The molecule has 1 aromatic heterocycles. The Bertz CT molecular complexity index is 1050. The van der Waals surface area contributed by atoms with Gasteiger partial charge >= 0.3 is 5.97 Å². The Labute approximate surface area is 165 Å². The fourth-order valence-electron chi connectivity index (χ4n) is 2.96. The van der Waals surface area contributed by atoms with Crippen LogP contribution >= 0.6 is 0 Å². The molecule has 0 radical (unpaired) electrons. The van der Waals surface area contributed by atoms with Gasteiger partial charge in [0.15, 0.2) is 6.61 Å². The van der Waals surface area contributed by atoms with Crippen molar-refractivity contribution < 1.29 is 32.3 Å². The number of fused-ring (bicyclic) bond motifs is 1. The summed E-state index contributed by atoms with van der Waals surface area (Å²) in [5.74, 6) is -2.99. The van der Waals surface area contributed by atoms with E-state index in [1.54, 1.807) is 24.3 Å². The number of hydrogen-bond acceptors (Lipinski definition) is 5. The van der Waals surface area contributed by atoms with E-state index >= 15 is 0 Å². The number of para-hydroxylation sites is 1. The van der Waals surface area contributed by atoms with Gasteiger partial charge in [-0.1, -0.05) is 24.3 Å². The van der Waals surface area contributed by atoms with E-state index in [-0.39, 0.29) is 17.9 Å². The van der Waals surface area contributed by atoms with Crippen LogP contribution in [0.1, 0.15) is 34.6 Å². The highest BCUT2D eigenvalue weighted by molar-refractivity contribution is 5.96. The summed E-state index contributed by atoms with van der Waals surface area (Å²) >= 11 is 0. The molecule has 2 aromatic carbocycles. The first-order chi connectivity index (χ1) is 13.9.